The van der Waals surface area contributed by atoms with Crippen molar-refractivity contribution < 1.29 is 4.92 Å². The highest BCUT2D eigenvalue weighted by Crippen LogP contribution is 2.29. The van der Waals surface area contributed by atoms with Crippen molar-refractivity contribution in [2.24, 2.45) is 7.05 Å². The summed E-state index contributed by atoms with van der Waals surface area (Å²) in [7, 11) is 1.83. The minimum atomic E-state index is -0.397. The van der Waals surface area contributed by atoms with E-state index in [1.807, 2.05) is 25.2 Å². The summed E-state index contributed by atoms with van der Waals surface area (Å²) in [5.74, 6) is 1.22. The molecular weight excluding hydrogens is 282 g/mol. The van der Waals surface area contributed by atoms with E-state index in [1.165, 1.54) is 5.69 Å². The zero-order valence-electron chi connectivity index (χ0n) is 12.8. The SMILES string of the molecule is Cc1nc([N+](=O)[O-])c(N2CCN(c3ccccc3)CC2)n1C. The zero-order valence-corrected chi connectivity index (χ0v) is 12.8. The lowest BCUT2D eigenvalue weighted by atomic mass is 10.2. The molecule has 1 aromatic carbocycles. The molecular formula is C15H19N5O2. The third-order valence-electron chi connectivity index (χ3n) is 4.14. The summed E-state index contributed by atoms with van der Waals surface area (Å²) in [4.78, 5) is 19.2. The summed E-state index contributed by atoms with van der Waals surface area (Å²) < 4.78 is 1.80. The Morgan fingerprint density at radius 2 is 1.68 bits per heavy atom. The fraction of sp³-hybridized carbons (Fsp3) is 0.400. The second kappa shape index (κ2) is 5.67. The Hall–Kier alpha value is -2.57. The highest BCUT2D eigenvalue weighted by atomic mass is 16.6. The van der Waals surface area contributed by atoms with Crippen LogP contribution in [0, 0.1) is 17.0 Å². The van der Waals surface area contributed by atoms with Crippen molar-refractivity contribution in [2.45, 2.75) is 6.92 Å². The van der Waals surface area contributed by atoms with Gasteiger partial charge in [0.05, 0.1) is 0 Å². The van der Waals surface area contributed by atoms with Crippen LogP contribution in [-0.2, 0) is 7.05 Å². The van der Waals surface area contributed by atoms with E-state index in [1.54, 1.807) is 11.5 Å². The third-order valence-corrected chi connectivity index (χ3v) is 4.14. The predicted octanol–water partition coefficient (Wildman–Crippen LogP) is 1.96. The van der Waals surface area contributed by atoms with Crippen LogP contribution in [0.2, 0.25) is 0 Å². The average Bonchev–Trinajstić information content (AvgIpc) is 2.84. The quantitative estimate of drug-likeness (QED) is 0.640. The van der Waals surface area contributed by atoms with Crippen LogP contribution < -0.4 is 9.80 Å². The molecule has 116 valence electrons. The summed E-state index contributed by atoms with van der Waals surface area (Å²) in [6.45, 7) is 4.96. The number of imidazole rings is 1. The molecule has 2 aromatic rings. The Balaban J connectivity index is 1.79. The Bertz CT molecular complexity index is 675. The third kappa shape index (κ3) is 2.49. The lowest BCUT2D eigenvalue weighted by Gasteiger charge is -2.36. The molecule has 2 heterocycles. The van der Waals surface area contributed by atoms with Crippen molar-refractivity contribution in [3.05, 3.63) is 46.3 Å². The second-order valence-corrected chi connectivity index (χ2v) is 5.43. The number of aryl methyl sites for hydroxylation is 1. The van der Waals surface area contributed by atoms with Crippen molar-refractivity contribution in [3.8, 4) is 0 Å². The van der Waals surface area contributed by atoms with E-state index < -0.39 is 4.92 Å². The number of hydrogen-bond acceptors (Lipinski definition) is 5. The molecule has 0 N–H and O–H groups in total. The minimum absolute atomic E-state index is 0.0480. The molecule has 0 amide bonds. The van der Waals surface area contributed by atoms with E-state index in [0.717, 1.165) is 26.2 Å². The van der Waals surface area contributed by atoms with Crippen molar-refractivity contribution in [1.29, 1.82) is 0 Å². The van der Waals surface area contributed by atoms with Gasteiger partial charge in [0, 0.05) is 45.8 Å². The second-order valence-electron chi connectivity index (χ2n) is 5.43. The molecule has 0 bridgehead atoms. The van der Waals surface area contributed by atoms with Gasteiger partial charge in [-0.15, -0.1) is 0 Å². The van der Waals surface area contributed by atoms with E-state index in [4.69, 9.17) is 0 Å². The van der Waals surface area contributed by atoms with Gasteiger partial charge >= 0.3 is 5.82 Å². The molecule has 0 spiro atoms. The van der Waals surface area contributed by atoms with Crippen LogP contribution in [0.1, 0.15) is 5.82 Å². The molecule has 7 heteroatoms. The number of hydrogen-bond donors (Lipinski definition) is 0. The van der Waals surface area contributed by atoms with Gasteiger partial charge in [-0.1, -0.05) is 18.2 Å². The molecule has 1 saturated heterocycles. The number of rotatable bonds is 3. The Labute approximate surface area is 128 Å². The first-order chi connectivity index (χ1) is 10.6. The Kier molecular flexibility index (Phi) is 3.70. The molecule has 1 aliphatic heterocycles. The van der Waals surface area contributed by atoms with Crippen molar-refractivity contribution in [1.82, 2.24) is 9.55 Å². The van der Waals surface area contributed by atoms with E-state index in [2.05, 4.69) is 26.9 Å². The fourth-order valence-electron chi connectivity index (χ4n) is 2.87. The smallest absolute Gasteiger partial charge is 0.368 e. The standard InChI is InChI=1S/C15H19N5O2/c1-12-16-14(20(21)22)15(17(12)2)19-10-8-18(9-11-19)13-6-4-3-5-7-13/h3-7H,8-11H2,1-2H3. The maximum absolute atomic E-state index is 11.2. The van der Waals surface area contributed by atoms with Crippen LogP contribution in [0.3, 0.4) is 0 Å². The molecule has 22 heavy (non-hydrogen) atoms. The molecule has 0 radical (unpaired) electrons. The highest BCUT2D eigenvalue weighted by Gasteiger charge is 2.30. The Morgan fingerprint density at radius 1 is 1.09 bits per heavy atom. The first kappa shape index (κ1) is 14.4. The molecule has 7 nitrogen and oxygen atoms in total. The van der Waals surface area contributed by atoms with Crippen LogP contribution in [0.5, 0.6) is 0 Å². The zero-order chi connectivity index (χ0) is 15.7. The number of benzene rings is 1. The summed E-state index contributed by atoms with van der Waals surface area (Å²) in [5, 5.41) is 11.2. The topological polar surface area (TPSA) is 67.4 Å². The van der Waals surface area contributed by atoms with E-state index in [9.17, 15) is 10.1 Å². The highest BCUT2D eigenvalue weighted by molar-refractivity contribution is 5.57. The number of nitro groups is 1. The molecule has 0 atom stereocenters. The number of nitrogens with zero attached hydrogens (tertiary/aromatic N) is 5. The van der Waals surface area contributed by atoms with Crippen LogP contribution in [0.4, 0.5) is 17.3 Å². The van der Waals surface area contributed by atoms with E-state index >= 15 is 0 Å². The van der Waals surface area contributed by atoms with Gasteiger partial charge in [0.15, 0.2) is 0 Å². The first-order valence-electron chi connectivity index (χ1n) is 7.30. The summed E-state index contributed by atoms with van der Waals surface area (Å²) >= 11 is 0. The fourth-order valence-corrected chi connectivity index (χ4v) is 2.87. The normalized spacial score (nSPS) is 15.2. The van der Waals surface area contributed by atoms with Gasteiger partial charge in [-0.2, -0.15) is 0 Å². The number of anilines is 2. The van der Waals surface area contributed by atoms with Crippen LogP contribution in [0.15, 0.2) is 30.3 Å². The molecule has 1 aromatic heterocycles. The molecule has 1 fully saturated rings. The summed E-state index contributed by atoms with van der Waals surface area (Å²) in [6, 6.07) is 10.2. The van der Waals surface area contributed by atoms with E-state index in [0.29, 0.717) is 11.6 Å². The number of piperazine rings is 1. The average molecular weight is 301 g/mol. The van der Waals surface area contributed by atoms with Gasteiger partial charge in [-0.3, -0.25) is 4.57 Å². The maximum atomic E-state index is 11.2. The van der Waals surface area contributed by atoms with Crippen molar-refractivity contribution in [3.63, 3.8) is 0 Å². The van der Waals surface area contributed by atoms with Crippen LogP contribution in [0.25, 0.3) is 0 Å². The van der Waals surface area contributed by atoms with Crippen LogP contribution in [-0.4, -0.2) is 40.7 Å². The summed E-state index contributed by atoms with van der Waals surface area (Å²) in [5.41, 5.74) is 1.19. The minimum Gasteiger partial charge on any atom is -0.368 e. The lowest BCUT2D eigenvalue weighted by Crippen LogP contribution is -2.47. The molecule has 0 unspecified atom stereocenters. The molecule has 0 saturated carbocycles. The van der Waals surface area contributed by atoms with Gasteiger partial charge < -0.3 is 19.9 Å². The lowest BCUT2D eigenvalue weighted by molar-refractivity contribution is -0.388. The van der Waals surface area contributed by atoms with Crippen LogP contribution >= 0.6 is 0 Å². The van der Waals surface area contributed by atoms with Gasteiger partial charge in [0.25, 0.3) is 0 Å². The number of para-hydroxylation sites is 1. The van der Waals surface area contributed by atoms with Crippen molar-refractivity contribution in [2.75, 3.05) is 36.0 Å². The molecule has 0 aliphatic carbocycles. The monoisotopic (exact) mass is 301 g/mol. The van der Waals surface area contributed by atoms with Crippen molar-refractivity contribution >= 4 is 17.3 Å². The molecule has 3 rings (SSSR count). The molecule has 1 aliphatic rings. The number of aromatic nitrogens is 2. The summed E-state index contributed by atoms with van der Waals surface area (Å²) in [6.07, 6.45) is 0. The Morgan fingerprint density at radius 3 is 2.27 bits per heavy atom. The van der Waals surface area contributed by atoms with E-state index in [-0.39, 0.29) is 5.82 Å². The predicted molar refractivity (Wildman–Crippen MR) is 85.5 cm³/mol. The van der Waals surface area contributed by atoms with Gasteiger partial charge in [0.2, 0.25) is 11.6 Å². The van der Waals surface area contributed by atoms with Gasteiger partial charge in [-0.05, 0) is 22.0 Å². The maximum Gasteiger partial charge on any atom is 0.406 e. The largest absolute Gasteiger partial charge is 0.406 e. The van der Waals surface area contributed by atoms with Gasteiger partial charge in [-0.25, -0.2) is 0 Å². The van der Waals surface area contributed by atoms with Gasteiger partial charge in [0.1, 0.15) is 0 Å². The first-order valence-corrected chi connectivity index (χ1v) is 7.30.